The summed E-state index contributed by atoms with van der Waals surface area (Å²) in [5.74, 6) is 0. The Morgan fingerprint density at radius 2 is 1.65 bits per heavy atom. The molecule has 4 nitrogen and oxygen atoms in total. The molecule has 0 bridgehead atoms. The van der Waals surface area contributed by atoms with Crippen molar-refractivity contribution in [2.75, 3.05) is 26.2 Å². The number of benzene rings is 1. The van der Waals surface area contributed by atoms with Gasteiger partial charge in [-0.3, -0.25) is 4.90 Å². The number of halogens is 1. The lowest BCUT2D eigenvalue weighted by Crippen LogP contribution is -2.49. The summed E-state index contributed by atoms with van der Waals surface area (Å²) in [6.45, 7) is 3.80. The highest BCUT2D eigenvalue weighted by Gasteiger charge is 2.40. The molecule has 0 aromatic heterocycles. The summed E-state index contributed by atoms with van der Waals surface area (Å²) in [6.07, 6.45) is 1.70. The van der Waals surface area contributed by atoms with Gasteiger partial charge >= 0.3 is 0 Å². The van der Waals surface area contributed by atoms with E-state index in [4.69, 9.17) is 0 Å². The van der Waals surface area contributed by atoms with Crippen molar-refractivity contribution in [1.29, 1.82) is 0 Å². The van der Waals surface area contributed by atoms with Gasteiger partial charge in [0.15, 0.2) is 0 Å². The van der Waals surface area contributed by atoms with E-state index in [0.29, 0.717) is 13.1 Å². The lowest BCUT2D eigenvalue weighted by Gasteiger charge is -2.34. The van der Waals surface area contributed by atoms with Crippen LogP contribution in [0.3, 0.4) is 0 Å². The Morgan fingerprint density at radius 3 is 2.20 bits per heavy atom. The van der Waals surface area contributed by atoms with Crippen molar-refractivity contribution in [2.24, 2.45) is 0 Å². The van der Waals surface area contributed by atoms with Gasteiger partial charge in [-0.25, -0.2) is 8.42 Å². The average molecular weight is 359 g/mol. The Labute approximate surface area is 128 Å². The highest BCUT2D eigenvalue weighted by atomic mass is 79.9. The molecule has 0 N–H and O–H groups in total. The molecule has 1 saturated carbocycles. The van der Waals surface area contributed by atoms with Gasteiger partial charge in [0.2, 0.25) is 10.0 Å². The van der Waals surface area contributed by atoms with E-state index in [2.05, 4.69) is 33.0 Å². The van der Waals surface area contributed by atoms with Crippen LogP contribution in [-0.4, -0.2) is 49.1 Å². The first-order valence-corrected chi connectivity index (χ1v) is 9.31. The largest absolute Gasteiger partial charge is 0.296 e. The third kappa shape index (κ3) is 3.24. The first-order valence-electron chi connectivity index (χ1n) is 7.01. The topological polar surface area (TPSA) is 40.6 Å². The van der Waals surface area contributed by atoms with Crippen molar-refractivity contribution >= 4 is 26.0 Å². The zero-order valence-electron chi connectivity index (χ0n) is 11.3. The van der Waals surface area contributed by atoms with Gasteiger partial charge in [-0.2, -0.15) is 4.31 Å². The molecule has 1 aliphatic carbocycles. The second-order valence-corrected chi connectivity index (χ2v) is 8.67. The quantitative estimate of drug-likeness (QED) is 0.826. The summed E-state index contributed by atoms with van der Waals surface area (Å²) >= 11 is 3.43. The van der Waals surface area contributed by atoms with E-state index in [1.165, 1.54) is 5.56 Å². The minimum Gasteiger partial charge on any atom is -0.296 e. The van der Waals surface area contributed by atoms with E-state index in [-0.39, 0.29) is 5.25 Å². The third-order valence-electron chi connectivity index (χ3n) is 3.96. The Morgan fingerprint density at radius 1 is 1.05 bits per heavy atom. The van der Waals surface area contributed by atoms with Crippen LogP contribution in [0.4, 0.5) is 0 Å². The van der Waals surface area contributed by atoms with E-state index in [9.17, 15) is 8.42 Å². The normalized spacial score (nSPS) is 22.1. The van der Waals surface area contributed by atoms with Crippen LogP contribution in [0.15, 0.2) is 28.7 Å². The van der Waals surface area contributed by atoms with Crippen molar-refractivity contribution in [3.05, 3.63) is 34.3 Å². The molecule has 1 aromatic carbocycles. The molecule has 3 rings (SSSR count). The number of sulfonamides is 1. The average Bonchev–Trinajstić information content (AvgIpc) is 3.27. The number of nitrogens with zero attached hydrogens (tertiary/aromatic N) is 2. The summed E-state index contributed by atoms with van der Waals surface area (Å²) in [4.78, 5) is 2.32. The zero-order valence-corrected chi connectivity index (χ0v) is 13.7. The first kappa shape index (κ1) is 14.5. The molecule has 0 radical (unpaired) electrons. The summed E-state index contributed by atoms with van der Waals surface area (Å²) in [5.41, 5.74) is 1.27. The summed E-state index contributed by atoms with van der Waals surface area (Å²) in [7, 11) is -2.99. The highest BCUT2D eigenvalue weighted by Crippen LogP contribution is 2.31. The van der Waals surface area contributed by atoms with Gasteiger partial charge in [-0.15, -0.1) is 0 Å². The van der Waals surface area contributed by atoms with Crippen LogP contribution >= 0.6 is 15.9 Å². The molecular formula is C14H19BrN2O2S. The maximum atomic E-state index is 12.2. The maximum absolute atomic E-state index is 12.2. The maximum Gasteiger partial charge on any atom is 0.217 e. The van der Waals surface area contributed by atoms with Gasteiger partial charge in [-0.1, -0.05) is 28.1 Å². The molecule has 1 aromatic rings. The fraction of sp³-hybridized carbons (Fsp3) is 0.571. The molecule has 20 heavy (non-hydrogen) atoms. The third-order valence-corrected chi connectivity index (χ3v) is 6.88. The molecule has 2 aliphatic rings. The molecule has 6 heteroatoms. The monoisotopic (exact) mass is 358 g/mol. The molecule has 0 atom stereocenters. The Bertz CT molecular complexity index is 561. The molecule has 1 aliphatic heterocycles. The lowest BCUT2D eigenvalue weighted by atomic mass is 10.2. The molecule has 0 unspecified atom stereocenters. The summed E-state index contributed by atoms with van der Waals surface area (Å²) < 4.78 is 27.1. The predicted octanol–water partition coefficient (Wildman–Crippen LogP) is 2.06. The van der Waals surface area contributed by atoms with Crippen LogP contribution in [0.2, 0.25) is 0 Å². The summed E-state index contributed by atoms with van der Waals surface area (Å²) in [5, 5.41) is -0.0828. The van der Waals surface area contributed by atoms with Crippen molar-refractivity contribution in [1.82, 2.24) is 9.21 Å². The van der Waals surface area contributed by atoms with E-state index in [1.54, 1.807) is 4.31 Å². The van der Waals surface area contributed by atoms with Crippen LogP contribution < -0.4 is 0 Å². The highest BCUT2D eigenvalue weighted by molar-refractivity contribution is 9.10. The number of hydrogen-bond donors (Lipinski definition) is 0. The van der Waals surface area contributed by atoms with Gasteiger partial charge in [0.05, 0.1) is 5.25 Å². The van der Waals surface area contributed by atoms with Crippen molar-refractivity contribution in [2.45, 2.75) is 24.6 Å². The number of rotatable bonds is 4. The molecule has 2 fully saturated rings. The van der Waals surface area contributed by atoms with Crippen LogP contribution in [0, 0.1) is 0 Å². The Hall–Kier alpha value is -0.430. The smallest absolute Gasteiger partial charge is 0.217 e. The van der Waals surface area contributed by atoms with Crippen molar-refractivity contribution in [3.8, 4) is 0 Å². The Balaban J connectivity index is 1.54. The lowest BCUT2D eigenvalue weighted by molar-refractivity contribution is 0.181. The standard InChI is InChI=1S/C14H19BrN2O2S/c15-13-3-1-12(2-4-13)11-16-7-9-17(10-8-16)20(18,19)14-5-6-14/h1-4,14H,5-11H2. The fourth-order valence-corrected chi connectivity index (χ4v) is 4.66. The van der Waals surface area contributed by atoms with Gasteiger partial charge in [0.1, 0.15) is 0 Å². The second kappa shape index (κ2) is 5.75. The number of hydrogen-bond acceptors (Lipinski definition) is 3. The van der Waals surface area contributed by atoms with Gasteiger partial charge in [-0.05, 0) is 30.5 Å². The molecule has 110 valence electrons. The van der Waals surface area contributed by atoms with E-state index in [1.807, 2.05) is 12.1 Å². The van der Waals surface area contributed by atoms with Crippen LogP contribution in [0.1, 0.15) is 18.4 Å². The minimum atomic E-state index is -2.99. The van der Waals surface area contributed by atoms with Gasteiger partial charge < -0.3 is 0 Å². The minimum absolute atomic E-state index is 0.0828. The zero-order chi connectivity index (χ0) is 14.2. The Kier molecular flexibility index (Phi) is 4.17. The SMILES string of the molecule is O=S(=O)(C1CC1)N1CCN(Cc2ccc(Br)cc2)CC1. The molecule has 0 spiro atoms. The van der Waals surface area contributed by atoms with E-state index >= 15 is 0 Å². The number of piperazine rings is 1. The molecule has 0 amide bonds. The summed E-state index contributed by atoms with van der Waals surface area (Å²) in [6, 6.07) is 8.31. The van der Waals surface area contributed by atoms with Gasteiger partial charge in [0.25, 0.3) is 0 Å². The van der Waals surface area contributed by atoms with Crippen LogP contribution in [0.5, 0.6) is 0 Å². The van der Waals surface area contributed by atoms with Crippen molar-refractivity contribution < 1.29 is 8.42 Å². The van der Waals surface area contributed by atoms with E-state index in [0.717, 1.165) is 36.9 Å². The first-order chi connectivity index (χ1) is 9.55. The van der Waals surface area contributed by atoms with Crippen LogP contribution in [0.25, 0.3) is 0 Å². The van der Waals surface area contributed by atoms with Crippen molar-refractivity contribution in [3.63, 3.8) is 0 Å². The van der Waals surface area contributed by atoms with E-state index < -0.39 is 10.0 Å². The molecule has 1 saturated heterocycles. The molecule has 1 heterocycles. The predicted molar refractivity (Wildman–Crippen MR) is 82.9 cm³/mol. The van der Waals surface area contributed by atoms with Crippen LogP contribution in [-0.2, 0) is 16.6 Å². The fourth-order valence-electron chi connectivity index (χ4n) is 2.57. The molecular weight excluding hydrogens is 340 g/mol. The second-order valence-electron chi connectivity index (χ2n) is 5.55. The van der Waals surface area contributed by atoms with Gasteiger partial charge in [0, 0.05) is 37.2 Å².